The summed E-state index contributed by atoms with van der Waals surface area (Å²) in [6.07, 6.45) is 1.71. The number of aromatic hydroxyl groups is 1. The molecule has 0 aliphatic rings. The number of benzene rings is 2. The Hall–Kier alpha value is -3.48. The van der Waals surface area contributed by atoms with Gasteiger partial charge in [0.25, 0.3) is 0 Å². The summed E-state index contributed by atoms with van der Waals surface area (Å²) in [6, 6.07) is 8.07. The molecule has 0 aliphatic heterocycles. The predicted octanol–water partition coefficient (Wildman–Crippen LogP) is 4.32. The van der Waals surface area contributed by atoms with Gasteiger partial charge in [0.05, 0.1) is 36.3 Å². The van der Waals surface area contributed by atoms with Gasteiger partial charge in [-0.1, -0.05) is 0 Å². The number of fused-ring (bicyclic) bond motifs is 2. The van der Waals surface area contributed by atoms with E-state index in [0.29, 0.717) is 51.1 Å². The number of hydrogen-bond donors (Lipinski definition) is 2. The van der Waals surface area contributed by atoms with Gasteiger partial charge in [-0.15, -0.1) is 0 Å². The molecule has 3 N–H and O–H groups in total. The van der Waals surface area contributed by atoms with Crippen molar-refractivity contribution in [1.29, 1.82) is 0 Å². The second kappa shape index (κ2) is 6.60. The fourth-order valence-corrected chi connectivity index (χ4v) is 3.54. The molecule has 0 radical (unpaired) electrons. The molecule has 4 aromatic rings. The lowest BCUT2D eigenvalue weighted by molar-refractivity contribution is 0.404. The Balaban J connectivity index is 2.14. The third-order valence-electron chi connectivity index (χ3n) is 4.97. The number of nitrogens with two attached hydrogens (primary N) is 1. The average Bonchev–Trinajstić information content (AvgIpc) is 3.03. The zero-order valence-corrected chi connectivity index (χ0v) is 15.8. The van der Waals surface area contributed by atoms with E-state index in [0.717, 1.165) is 0 Å². The summed E-state index contributed by atoms with van der Waals surface area (Å²) in [4.78, 5) is 4.64. The maximum atomic E-state index is 15.0. The molecule has 144 valence electrons. The van der Waals surface area contributed by atoms with Gasteiger partial charge >= 0.3 is 0 Å². The number of anilines is 1. The first-order valence-electron chi connectivity index (χ1n) is 8.82. The molecule has 0 saturated carbocycles. The number of nitrogens with zero attached hydrogens (tertiary/aromatic N) is 2. The van der Waals surface area contributed by atoms with Gasteiger partial charge in [-0.05, 0) is 37.3 Å². The van der Waals surface area contributed by atoms with Crippen LogP contribution < -0.4 is 15.2 Å². The van der Waals surface area contributed by atoms with Crippen molar-refractivity contribution < 1.29 is 19.0 Å². The Morgan fingerprint density at radius 2 is 1.96 bits per heavy atom. The first-order valence-corrected chi connectivity index (χ1v) is 8.82. The number of halogens is 1. The minimum atomic E-state index is -0.454. The first kappa shape index (κ1) is 17.9. The van der Waals surface area contributed by atoms with Crippen LogP contribution in [0.25, 0.3) is 32.9 Å². The van der Waals surface area contributed by atoms with Gasteiger partial charge in [0, 0.05) is 29.3 Å². The lowest BCUT2D eigenvalue weighted by atomic mass is 9.98. The van der Waals surface area contributed by atoms with Crippen molar-refractivity contribution >= 4 is 27.5 Å². The van der Waals surface area contributed by atoms with Crippen LogP contribution in [-0.2, 0) is 6.54 Å². The lowest BCUT2D eigenvalue weighted by Crippen LogP contribution is -1.97. The molecule has 2 aromatic heterocycles. The number of nitrogen functional groups attached to an aromatic ring is 1. The zero-order valence-electron chi connectivity index (χ0n) is 15.8. The molecule has 0 fully saturated rings. The summed E-state index contributed by atoms with van der Waals surface area (Å²) in [5.74, 6) is 0.649. The molecule has 0 unspecified atom stereocenters. The van der Waals surface area contributed by atoms with Crippen molar-refractivity contribution in [3.8, 4) is 28.5 Å². The molecule has 2 heterocycles. The maximum Gasteiger partial charge on any atom is 0.202 e. The van der Waals surface area contributed by atoms with Crippen LogP contribution in [0.15, 0.2) is 36.5 Å². The smallest absolute Gasteiger partial charge is 0.202 e. The molecule has 2 aromatic carbocycles. The normalized spacial score (nSPS) is 11.3. The Bertz CT molecular complexity index is 1220. The van der Waals surface area contributed by atoms with E-state index in [-0.39, 0.29) is 11.4 Å². The Morgan fingerprint density at radius 1 is 1.18 bits per heavy atom. The summed E-state index contributed by atoms with van der Waals surface area (Å²) in [6.45, 7) is 2.46. The highest BCUT2D eigenvalue weighted by Gasteiger charge is 2.21. The molecule has 7 heteroatoms. The summed E-state index contributed by atoms with van der Waals surface area (Å²) >= 11 is 0. The fraction of sp³-hybridized carbons (Fsp3) is 0.190. The molecular weight excluding hydrogens is 361 g/mol. The molecule has 0 bridgehead atoms. The van der Waals surface area contributed by atoms with Crippen molar-refractivity contribution in [1.82, 2.24) is 9.55 Å². The van der Waals surface area contributed by atoms with E-state index in [9.17, 15) is 5.11 Å². The number of methoxy groups -OCH3 is 2. The van der Waals surface area contributed by atoms with Crippen molar-refractivity contribution in [3.05, 3.63) is 42.3 Å². The van der Waals surface area contributed by atoms with Gasteiger partial charge < -0.3 is 24.9 Å². The van der Waals surface area contributed by atoms with Crippen LogP contribution >= 0.6 is 0 Å². The third kappa shape index (κ3) is 2.51. The Labute approximate surface area is 160 Å². The third-order valence-corrected chi connectivity index (χ3v) is 4.97. The van der Waals surface area contributed by atoms with Crippen LogP contribution in [0.4, 0.5) is 10.1 Å². The van der Waals surface area contributed by atoms with Crippen molar-refractivity contribution in [3.63, 3.8) is 0 Å². The topological polar surface area (TPSA) is 82.5 Å². The molecule has 4 rings (SSSR count). The largest absolute Gasteiger partial charge is 0.497 e. The van der Waals surface area contributed by atoms with E-state index < -0.39 is 5.82 Å². The maximum absolute atomic E-state index is 15.0. The molecule has 0 atom stereocenters. The van der Waals surface area contributed by atoms with Crippen LogP contribution in [0.5, 0.6) is 17.4 Å². The lowest BCUT2D eigenvalue weighted by Gasteiger charge is -2.14. The molecule has 28 heavy (non-hydrogen) atoms. The average molecular weight is 381 g/mol. The van der Waals surface area contributed by atoms with E-state index in [1.807, 2.05) is 6.92 Å². The second-order valence-electron chi connectivity index (χ2n) is 6.41. The van der Waals surface area contributed by atoms with Gasteiger partial charge in [0.15, 0.2) is 0 Å². The highest BCUT2D eigenvalue weighted by atomic mass is 19.1. The number of aromatic nitrogens is 2. The molecule has 6 nitrogen and oxygen atoms in total. The number of pyridine rings is 1. The van der Waals surface area contributed by atoms with E-state index in [1.54, 1.807) is 42.1 Å². The standard InChI is InChI=1S/C21H20FN3O3/c1-4-25-10-15-18(21(25)26)19(23)12-6-7-14(22)17(20(12)24-15)13-9-11(27-2)5-8-16(13)28-3/h5-10,26H,4,23H2,1-3H3. The van der Waals surface area contributed by atoms with Gasteiger partial charge in [-0.3, -0.25) is 0 Å². The monoisotopic (exact) mass is 381 g/mol. The number of rotatable bonds is 4. The summed E-state index contributed by atoms with van der Waals surface area (Å²) in [5.41, 5.74) is 8.38. The summed E-state index contributed by atoms with van der Waals surface area (Å²) in [5, 5.41) is 11.5. The van der Waals surface area contributed by atoms with Crippen LogP contribution in [0.2, 0.25) is 0 Å². The van der Waals surface area contributed by atoms with Crippen molar-refractivity contribution in [2.24, 2.45) is 0 Å². The Morgan fingerprint density at radius 3 is 2.64 bits per heavy atom. The quantitative estimate of drug-likeness (QED) is 0.550. The van der Waals surface area contributed by atoms with E-state index >= 15 is 4.39 Å². The van der Waals surface area contributed by atoms with Gasteiger partial charge in [0.2, 0.25) is 5.88 Å². The van der Waals surface area contributed by atoms with Crippen molar-refractivity contribution in [2.75, 3.05) is 20.0 Å². The molecule has 0 amide bonds. The van der Waals surface area contributed by atoms with Gasteiger partial charge in [-0.2, -0.15) is 0 Å². The number of aryl methyl sites for hydroxylation is 1. The minimum absolute atomic E-state index is 0.0502. The summed E-state index contributed by atoms with van der Waals surface area (Å²) in [7, 11) is 3.06. The van der Waals surface area contributed by atoms with Crippen LogP contribution in [0.3, 0.4) is 0 Å². The van der Waals surface area contributed by atoms with Gasteiger partial charge in [-0.25, -0.2) is 9.37 Å². The van der Waals surface area contributed by atoms with Crippen LogP contribution in [0, 0.1) is 5.82 Å². The minimum Gasteiger partial charge on any atom is -0.497 e. The highest BCUT2D eigenvalue weighted by Crippen LogP contribution is 2.42. The molecule has 0 saturated heterocycles. The molecule has 0 spiro atoms. The number of ether oxygens (including phenoxy) is 2. The Kier molecular flexibility index (Phi) is 4.22. The molecule has 0 aliphatic carbocycles. The SMILES string of the molecule is CCn1cc2nc3c(-c4cc(OC)ccc4OC)c(F)ccc3c(N)c2c1O. The van der Waals surface area contributed by atoms with Crippen molar-refractivity contribution in [2.45, 2.75) is 13.5 Å². The van der Waals surface area contributed by atoms with E-state index in [2.05, 4.69) is 4.98 Å². The van der Waals surface area contributed by atoms with Crippen LogP contribution in [0.1, 0.15) is 6.92 Å². The van der Waals surface area contributed by atoms with Gasteiger partial charge in [0.1, 0.15) is 17.3 Å². The second-order valence-corrected chi connectivity index (χ2v) is 6.41. The van der Waals surface area contributed by atoms with E-state index in [1.165, 1.54) is 13.2 Å². The highest BCUT2D eigenvalue weighted by molar-refractivity contribution is 6.12. The molecular formula is C21H20FN3O3. The fourth-order valence-electron chi connectivity index (χ4n) is 3.54. The predicted molar refractivity (Wildman–Crippen MR) is 107 cm³/mol. The summed E-state index contributed by atoms with van der Waals surface area (Å²) < 4.78 is 27.4. The van der Waals surface area contributed by atoms with E-state index in [4.69, 9.17) is 15.2 Å². The van der Waals surface area contributed by atoms with Crippen LogP contribution in [-0.4, -0.2) is 28.9 Å². The first-order chi connectivity index (χ1) is 13.5. The zero-order chi connectivity index (χ0) is 20.0. The number of hydrogen-bond acceptors (Lipinski definition) is 5.